The Morgan fingerprint density at radius 2 is 0.714 bits per heavy atom. The molecule has 0 aliphatic carbocycles. The smallest absolute Gasteiger partial charge is 0.356 e. The van der Waals surface area contributed by atoms with Crippen molar-refractivity contribution < 1.29 is 221 Å². The quantitative estimate of drug-likeness (QED) is 0.202. The first kappa shape index (κ1) is 39.3. The molecule has 0 unspecified atom stereocenters. The van der Waals surface area contributed by atoms with Gasteiger partial charge in [0.15, 0.2) is 0 Å². The van der Waals surface area contributed by atoms with E-state index < -0.39 is 15.8 Å². The Balaban J connectivity index is -0.0000000629. The van der Waals surface area contributed by atoms with Crippen LogP contribution < -0.4 is 206 Å². The Morgan fingerprint density at radius 1 is 0.619 bits per heavy atom. The Hall–Kier alpha value is 3.20. The zero-order chi connectivity index (χ0) is 14.2. The van der Waals surface area contributed by atoms with Crippen LogP contribution in [0.5, 0.6) is 0 Å². The van der Waals surface area contributed by atoms with Crippen LogP contribution in [-0.2, 0) is 10.7 Å². The number of nitriles is 6. The minimum atomic E-state index is -6.17. The molecule has 0 amide bonds. The van der Waals surface area contributed by atoms with Gasteiger partial charge in [-0.3, -0.25) is 0 Å². The van der Waals surface area contributed by atoms with E-state index in [1.807, 2.05) is 0 Å². The third-order valence-electron chi connectivity index (χ3n) is 1.19. The zero-order valence-corrected chi connectivity index (χ0v) is 25.3. The van der Waals surface area contributed by atoms with Gasteiger partial charge in [-0.25, -0.2) is 0 Å². The summed E-state index contributed by atoms with van der Waals surface area (Å²) in [5.74, 6) is 0. The molecule has 0 saturated heterocycles. The number of rotatable bonds is 0. The van der Waals surface area contributed by atoms with Crippen molar-refractivity contribution in [3.63, 3.8) is 0 Å². The summed E-state index contributed by atoms with van der Waals surface area (Å²) in [6, 6.07) is 0. The Bertz CT molecular complexity index is 493. The second-order valence-corrected chi connectivity index (χ2v) is 7.65. The van der Waals surface area contributed by atoms with Crippen LogP contribution in [0.2, 0.25) is 0 Å². The van der Waals surface area contributed by atoms with E-state index in [0.717, 1.165) is 29.8 Å². The van der Waals surface area contributed by atoms with Gasteiger partial charge in [0.05, 0.1) is 5.09 Å². The van der Waals surface area contributed by atoms with Crippen LogP contribution >= 0.6 is 0 Å². The predicted octanol–water partition coefficient (Wildman–Crippen LogP) is -12.1. The van der Waals surface area contributed by atoms with Gasteiger partial charge in [-0.15, -0.1) is 0 Å². The maximum Gasteiger partial charge on any atom is 1.00 e. The zero-order valence-electron chi connectivity index (χ0n) is 11.7. The van der Waals surface area contributed by atoms with Crippen LogP contribution in [0.1, 0.15) is 0 Å². The average molecular weight is 430 g/mol. The SMILES string of the molecule is N#[C][Fe-3]([C]#N)([C]#N)([C]#N)([C]#N)[C]#N.O=[N+]([O-])[O-].[K+].[K+].[K+].[K+]. The minimum absolute atomic E-state index is 0. The fourth-order valence-corrected chi connectivity index (χ4v) is 1.09. The van der Waals surface area contributed by atoms with Gasteiger partial charge in [0.2, 0.25) is 0 Å². The van der Waals surface area contributed by atoms with Crippen molar-refractivity contribution in [2.75, 3.05) is 0 Å². The molecule has 0 rings (SSSR count). The molecule has 21 heavy (non-hydrogen) atoms. The molecule has 0 atom stereocenters. The fraction of sp³-hybridized carbons (Fsp3) is 0. The molecule has 0 N–H and O–H groups in total. The topological polar surface area (TPSA) is 209 Å². The van der Waals surface area contributed by atoms with E-state index in [-0.39, 0.29) is 206 Å². The molecule has 0 saturated carbocycles. The van der Waals surface area contributed by atoms with Gasteiger partial charge in [0.1, 0.15) is 0 Å². The Labute approximate surface area is 289 Å². The third-order valence-corrected chi connectivity index (χ3v) is 4.89. The Kier molecular flexibility index (Phi) is 29.0. The molecular weight excluding hydrogens is 430 g/mol. The van der Waals surface area contributed by atoms with Crippen molar-refractivity contribution in [1.29, 1.82) is 31.6 Å². The van der Waals surface area contributed by atoms with Crippen molar-refractivity contribution in [2.45, 2.75) is 0 Å². The van der Waals surface area contributed by atoms with Crippen LogP contribution in [-0.4, -0.2) is 5.09 Å². The molecule has 0 aliphatic heterocycles. The molecule has 0 aromatic carbocycles. The predicted molar refractivity (Wildman–Crippen MR) is 44.0 cm³/mol. The van der Waals surface area contributed by atoms with E-state index in [0.29, 0.717) is 0 Å². The minimum Gasteiger partial charge on any atom is -0.356 e. The summed E-state index contributed by atoms with van der Waals surface area (Å²) in [6.07, 6.45) is 0. The maximum atomic E-state index is 8.58. The first-order chi connectivity index (χ1) is 7.71. The second kappa shape index (κ2) is 15.5. The molecular formula is C6FeK4N7O3. The third kappa shape index (κ3) is 9.46. The molecule has 0 spiro atoms. The van der Waals surface area contributed by atoms with Gasteiger partial charge in [-0.1, -0.05) is 0 Å². The number of hydrogen-bond donors (Lipinski definition) is 0. The van der Waals surface area contributed by atoms with E-state index in [1.54, 1.807) is 0 Å². The largest absolute Gasteiger partial charge is 1.00 e. The first-order valence-corrected chi connectivity index (χ1v) is 6.26. The summed E-state index contributed by atoms with van der Waals surface area (Å²) >= 11 is 0. The molecule has 0 aromatic heterocycles. The van der Waals surface area contributed by atoms with E-state index in [9.17, 15) is 0 Å². The normalized spacial score (nSPS) is 9.43. The van der Waals surface area contributed by atoms with Crippen LogP contribution in [0.4, 0.5) is 0 Å². The fourth-order valence-electron chi connectivity index (χ4n) is 0.265. The first-order valence-electron chi connectivity index (χ1n) is 2.95. The summed E-state index contributed by atoms with van der Waals surface area (Å²) in [4.78, 5) is 14.4. The molecule has 0 radical (unpaired) electrons. The van der Waals surface area contributed by atoms with Gasteiger partial charge in [0, 0.05) is 0 Å². The van der Waals surface area contributed by atoms with Crippen molar-refractivity contribution in [2.24, 2.45) is 0 Å². The summed E-state index contributed by atoms with van der Waals surface area (Å²) in [5.41, 5.74) is 0. The Morgan fingerprint density at radius 3 is 0.714 bits per heavy atom. The van der Waals surface area contributed by atoms with Crippen molar-refractivity contribution in [3.05, 3.63) is 15.3 Å². The van der Waals surface area contributed by atoms with Crippen LogP contribution in [0, 0.1) is 76.7 Å². The van der Waals surface area contributed by atoms with Gasteiger partial charge >= 0.3 is 278 Å². The number of hydrogen-bond acceptors (Lipinski definition) is 9. The van der Waals surface area contributed by atoms with Gasteiger partial charge in [-0.05, 0) is 0 Å². The maximum absolute atomic E-state index is 8.58. The summed E-state index contributed by atoms with van der Waals surface area (Å²) in [5, 5.41) is 66.2. The van der Waals surface area contributed by atoms with E-state index in [1.165, 1.54) is 0 Å². The summed E-state index contributed by atoms with van der Waals surface area (Å²) < 4.78 is 0. The van der Waals surface area contributed by atoms with Crippen LogP contribution in [0.3, 0.4) is 0 Å². The summed E-state index contributed by atoms with van der Waals surface area (Å²) in [7, 11) is -6.17. The van der Waals surface area contributed by atoms with Crippen molar-refractivity contribution >= 4 is 0 Å². The van der Waals surface area contributed by atoms with Gasteiger partial charge in [0.25, 0.3) is 0 Å². The molecule has 0 aliphatic rings. The molecule has 10 nitrogen and oxygen atoms in total. The van der Waals surface area contributed by atoms with E-state index >= 15 is 0 Å². The standard InChI is InChI=1S/6CN.Fe.4K.NO3/c6*1-2;;;;;;2-1(3)4/q;;;;;;-3;4*+1;-1. The number of nitrogens with zero attached hydrogens (tertiary/aromatic N) is 7. The molecule has 0 bridgehead atoms. The summed E-state index contributed by atoms with van der Waals surface area (Å²) in [6.45, 7) is 0. The molecule has 15 heteroatoms. The van der Waals surface area contributed by atoms with Crippen molar-refractivity contribution in [3.8, 4) is 29.8 Å². The monoisotopic (exact) mass is 430 g/mol. The van der Waals surface area contributed by atoms with Gasteiger partial charge in [-0.2, -0.15) is 0 Å². The molecule has 89 valence electrons. The van der Waals surface area contributed by atoms with E-state index in [2.05, 4.69) is 0 Å². The van der Waals surface area contributed by atoms with Crippen LogP contribution in [0.15, 0.2) is 0 Å². The molecule has 0 aromatic rings. The van der Waals surface area contributed by atoms with Crippen molar-refractivity contribution in [1.82, 2.24) is 0 Å². The van der Waals surface area contributed by atoms with Crippen LogP contribution in [0.25, 0.3) is 0 Å². The average Bonchev–Trinajstić information content (AvgIpc) is 2.36. The van der Waals surface area contributed by atoms with Gasteiger partial charge < -0.3 is 15.3 Å². The molecule has 0 fully saturated rings. The van der Waals surface area contributed by atoms with E-state index in [4.69, 9.17) is 46.9 Å². The second-order valence-electron chi connectivity index (χ2n) is 2.02. The molecule has 0 heterocycles.